The number of rotatable bonds is 6. The van der Waals surface area contributed by atoms with Crippen LogP contribution >= 0.6 is 27.3 Å². The Balaban J connectivity index is 1.82. The summed E-state index contributed by atoms with van der Waals surface area (Å²) in [6.07, 6.45) is -0.418. The number of carbonyl (C=O) groups excluding carboxylic acids is 1. The van der Waals surface area contributed by atoms with Gasteiger partial charge in [-0.15, -0.1) is 11.3 Å². The Bertz CT molecular complexity index is 1210. The second kappa shape index (κ2) is 9.95. The highest BCUT2D eigenvalue weighted by Crippen LogP contribution is 2.38. The molecule has 0 aliphatic carbocycles. The summed E-state index contributed by atoms with van der Waals surface area (Å²) in [7, 11) is 1.09. The lowest BCUT2D eigenvalue weighted by atomic mass is 10.0. The number of thiazole rings is 1. The molecule has 186 valence electrons. The molecule has 2 aromatic rings. The molecule has 1 aromatic carbocycles. The van der Waals surface area contributed by atoms with Gasteiger partial charge in [0.15, 0.2) is 16.6 Å². The lowest BCUT2D eigenvalue weighted by Gasteiger charge is -2.30. The van der Waals surface area contributed by atoms with Crippen LogP contribution in [0.5, 0.6) is 0 Å². The number of ether oxygens (including phenoxy) is 2. The van der Waals surface area contributed by atoms with Gasteiger partial charge in [-0.05, 0) is 17.7 Å². The molecule has 35 heavy (non-hydrogen) atoms. The fraction of sp³-hybridized carbons (Fsp3) is 0.333. The van der Waals surface area contributed by atoms with Crippen molar-refractivity contribution in [1.29, 1.82) is 0 Å². The summed E-state index contributed by atoms with van der Waals surface area (Å²) >= 11 is 4.53. The summed E-state index contributed by atoms with van der Waals surface area (Å²) in [4.78, 5) is 33.6. The van der Waals surface area contributed by atoms with Crippen LogP contribution in [0.4, 0.5) is 18.0 Å². The van der Waals surface area contributed by atoms with E-state index >= 15 is 0 Å². The largest absolute Gasteiger partial charge is 0.513 e. The summed E-state index contributed by atoms with van der Waals surface area (Å²) in [5.41, 5.74) is 0.515. The van der Waals surface area contributed by atoms with E-state index in [0.29, 0.717) is 15.0 Å². The molecule has 14 heteroatoms. The molecule has 0 radical (unpaired) electrons. The Morgan fingerprint density at radius 3 is 2.80 bits per heavy atom. The topological polar surface area (TPSA) is 113 Å². The Morgan fingerprint density at radius 2 is 2.17 bits per heavy atom. The van der Waals surface area contributed by atoms with Crippen LogP contribution in [-0.2, 0) is 14.3 Å². The Labute approximate surface area is 209 Å². The number of nitrogens with one attached hydrogen (secondary N) is 1. The SMILES string of the molecule is COC(=O)OC1=C(CN2CC(F)(F)C[C@H]2C(=O)O)NC(c2nccs2)=N[C@@H]1c1ccc(F)cc1Br. The number of carboxylic acid groups (broad SMARTS) is 1. The van der Waals surface area contributed by atoms with E-state index in [-0.39, 0.29) is 23.8 Å². The average Bonchev–Trinajstić information content (AvgIpc) is 3.42. The molecule has 1 aromatic heterocycles. The second-order valence-electron chi connectivity index (χ2n) is 7.73. The van der Waals surface area contributed by atoms with Crippen molar-refractivity contribution < 1.29 is 37.3 Å². The number of aromatic nitrogens is 1. The Morgan fingerprint density at radius 1 is 1.40 bits per heavy atom. The van der Waals surface area contributed by atoms with Crippen molar-refractivity contribution >= 4 is 45.2 Å². The van der Waals surface area contributed by atoms with E-state index in [2.05, 4.69) is 36.0 Å². The number of halogens is 4. The van der Waals surface area contributed by atoms with Gasteiger partial charge in [-0.1, -0.05) is 22.0 Å². The Hall–Kier alpha value is -2.97. The van der Waals surface area contributed by atoms with Gasteiger partial charge in [-0.25, -0.2) is 27.9 Å². The van der Waals surface area contributed by atoms with E-state index in [1.54, 1.807) is 11.6 Å². The zero-order chi connectivity index (χ0) is 25.3. The van der Waals surface area contributed by atoms with Crippen molar-refractivity contribution in [3.8, 4) is 0 Å². The first kappa shape index (κ1) is 25.1. The van der Waals surface area contributed by atoms with Crippen molar-refractivity contribution in [2.75, 3.05) is 20.2 Å². The van der Waals surface area contributed by atoms with Gasteiger partial charge in [0, 0.05) is 29.0 Å². The first-order chi connectivity index (χ1) is 16.6. The lowest BCUT2D eigenvalue weighted by molar-refractivity contribution is -0.142. The van der Waals surface area contributed by atoms with Gasteiger partial charge in [0.05, 0.1) is 19.4 Å². The first-order valence-electron chi connectivity index (χ1n) is 10.1. The number of hydrogen-bond acceptors (Lipinski definition) is 9. The third-order valence-electron chi connectivity index (χ3n) is 5.34. The van der Waals surface area contributed by atoms with Crippen molar-refractivity contribution in [2.24, 2.45) is 4.99 Å². The first-order valence-corrected chi connectivity index (χ1v) is 11.8. The monoisotopic (exact) mass is 574 g/mol. The number of carboxylic acids is 1. The van der Waals surface area contributed by atoms with E-state index in [1.807, 2.05) is 0 Å². The molecule has 1 saturated heterocycles. The van der Waals surface area contributed by atoms with Crippen LogP contribution in [0.1, 0.15) is 23.0 Å². The molecule has 2 atom stereocenters. The summed E-state index contributed by atoms with van der Waals surface area (Å²) < 4.78 is 52.4. The zero-order valence-electron chi connectivity index (χ0n) is 18.0. The van der Waals surface area contributed by atoms with Crippen LogP contribution in [0.2, 0.25) is 0 Å². The molecule has 1 fully saturated rings. The number of aliphatic imine (C=N–C) groups is 1. The molecule has 0 spiro atoms. The van der Waals surface area contributed by atoms with Gasteiger partial charge in [0.2, 0.25) is 0 Å². The molecule has 2 N–H and O–H groups in total. The number of methoxy groups -OCH3 is 1. The average molecular weight is 575 g/mol. The fourth-order valence-corrected chi connectivity index (χ4v) is 4.99. The van der Waals surface area contributed by atoms with Crippen molar-refractivity contribution in [3.05, 3.63) is 62.1 Å². The molecule has 0 saturated carbocycles. The third-order valence-corrected chi connectivity index (χ3v) is 6.81. The van der Waals surface area contributed by atoms with Crippen LogP contribution in [0.3, 0.4) is 0 Å². The molecule has 3 heterocycles. The molecule has 4 rings (SSSR count). The summed E-state index contributed by atoms with van der Waals surface area (Å²) in [6.45, 7) is -1.14. The number of likely N-dealkylation sites (tertiary alicyclic amines) is 1. The standard InChI is InChI=1S/C21H18BrF3N4O5S/c1-33-20(32)34-16-13(8-29-9-21(24,25)7-14(29)19(30)31)27-17(18-26-4-5-35-18)28-15(16)11-3-2-10(23)6-12(11)22/h2-6,14-15H,7-9H2,1H3,(H,27,28)(H,30,31)/t14-,15+/m0/s1. The fourth-order valence-electron chi connectivity index (χ4n) is 3.84. The van der Waals surface area contributed by atoms with E-state index in [1.165, 1.54) is 29.5 Å². The van der Waals surface area contributed by atoms with E-state index < -0.39 is 48.9 Å². The Kier molecular flexibility index (Phi) is 7.15. The van der Waals surface area contributed by atoms with Gasteiger partial charge in [0.1, 0.15) is 17.9 Å². The second-order valence-corrected chi connectivity index (χ2v) is 9.48. The minimum absolute atomic E-state index is 0.108. The molecular weight excluding hydrogens is 557 g/mol. The maximum absolute atomic E-state index is 14.1. The minimum Gasteiger partial charge on any atom is -0.480 e. The number of amidine groups is 1. The van der Waals surface area contributed by atoms with Crippen molar-refractivity contribution in [1.82, 2.24) is 15.2 Å². The number of alkyl halides is 2. The molecule has 0 amide bonds. The molecule has 0 bridgehead atoms. The quantitative estimate of drug-likeness (QED) is 0.499. The molecule has 2 aliphatic rings. The zero-order valence-corrected chi connectivity index (χ0v) is 20.4. The lowest BCUT2D eigenvalue weighted by Crippen LogP contribution is -2.43. The maximum Gasteiger partial charge on any atom is 0.513 e. The molecule has 0 unspecified atom stereocenters. The van der Waals surface area contributed by atoms with E-state index in [9.17, 15) is 27.9 Å². The van der Waals surface area contributed by atoms with Crippen LogP contribution < -0.4 is 5.32 Å². The van der Waals surface area contributed by atoms with Gasteiger partial charge >= 0.3 is 12.1 Å². The van der Waals surface area contributed by atoms with Crippen LogP contribution in [0, 0.1) is 5.82 Å². The highest BCUT2D eigenvalue weighted by molar-refractivity contribution is 9.10. The van der Waals surface area contributed by atoms with Gasteiger partial charge < -0.3 is 19.9 Å². The smallest absolute Gasteiger partial charge is 0.480 e. The highest BCUT2D eigenvalue weighted by Gasteiger charge is 2.49. The maximum atomic E-state index is 14.1. The van der Waals surface area contributed by atoms with Crippen LogP contribution in [-0.4, -0.2) is 65.1 Å². The minimum atomic E-state index is -3.22. The van der Waals surface area contributed by atoms with Gasteiger partial charge in [-0.2, -0.15) is 0 Å². The number of hydrogen-bond donors (Lipinski definition) is 2. The van der Waals surface area contributed by atoms with Crippen molar-refractivity contribution in [2.45, 2.75) is 24.4 Å². The summed E-state index contributed by atoms with van der Waals surface area (Å²) in [6, 6.07) is 1.33. The van der Waals surface area contributed by atoms with Crippen LogP contribution in [0.15, 0.2) is 50.7 Å². The van der Waals surface area contributed by atoms with Crippen LogP contribution in [0.25, 0.3) is 0 Å². The predicted octanol–water partition coefficient (Wildman–Crippen LogP) is 3.92. The number of carbonyl (C=O) groups is 2. The normalized spacial score (nSPS) is 21.9. The third kappa shape index (κ3) is 5.49. The predicted molar refractivity (Wildman–Crippen MR) is 122 cm³/mol. The molecule has 9 nitrogen and oxygen atoms in total. The molecule has 2 aliphatic heterocycles. The van der Waals surface area contributed by atoms with E-state index in [4.69, 9.17) is 4.74 Å². The summed E-state index contributed by atoms with van der Waals surface area (Å²) in [5, 5.41) is 14.6. The number of nitrogens with zero attached hydrogens (tertiary/aromatic N) is 3. The van der Waals surface area contributed by atoms with Crippen molar-refractivity contribution in [3.63, 3.8) is 0 Å². The van der Waals surface area contributed by atoms with Gasteiger partial charge in [0.25, 0.3) is 5.92 Å². The molecular formula is C21H18BrF3N4O5S. The number of benzene rings is 1. The number of aliphatic carboxylic acids is 1. The summed E-state index contributed by atoms with van der Waals surface area (Å²) in [5.74, 6) is -5.01. The van der Waals surface area contributed by atoms with E-state index in [0.717, 1.165) is 12.0 Å². The van der Waals surface area contributed by atoms with Gasteiger partial charge in [-0.3, -0.25) is 9.69 Å². The highest BCUT2D eigenvalue weighted by atomic mass is 79.9.